The van der Waals surface area contributed by atoms with Gasteiger partial charge in [-0.15, -0.1) is 5.10 Å². The molecule has 0 spiro atoms. The molecule has 7 heteroatoms. The van der Waals surface area contributed by atoms with Gasteiger partial charge in [0, 0.05) is 18.5 Å². The van der Waals surface area contributed by atoms with E-state index in [0.29, 0.717) is 31.4 Å². The molecule has 1 aromatic rings. The molecule has 1 atom stereocenters. The molecule has 1 aromatic heterocycles. The van der Waals surface area contributed by atoms with Gasteiger partial charge in [0.2, 0.25) is 11.8 Å². The van der Waals surface area contributed by atoms with Crippen LogP contribution in [0.3, 0.4) is 0 Å². The summed E-state index contributed by atoms with van der Waals surface area (Å²) in [6.45, 7) is 7.33. The lowest BCUT2D eigenvalue weighted by atomic mass is 10.1. The molecule has 2 rings (SSSR count). The molecule has 1 saturated heterocycles. The Hall–Kier alpha value is -1.63. The van der Waals surface area contributed by atoms with E-state index >= 15 is 0 Å². The molecule has 2 heterocycles. The van der Waals surface area contributed by atoms with Gasteiger partial charge in [0.1, 0.15) is 0 Å². The average molecular weight is 253 g/mol. The third-order valence-electron chi connectivity index (χ3n) is 2.54. The van der Waals surface area contributed by atoms with Crippen molar-refractivity contribution in [1.82, 2.24) is 20.8 Å². The van der Waals surface area contributed by atoms with Crippen LogP contribution < -0.4 is 16.0 Å². The number of nitrogens with zero attached hydrogens (tertiary/aromatic N) is 2. The lowest BCUT2D eigenvalue weighted by Crippen LogP contribution is -2.35. The maximum atomic E-state index is 11.0. The van der Waals surface area contributed by atoms with Crippen molar-refractivity contribution in [2.24, 2.45) is 0 Å². The van der Waals surface area contributed by atoms with Crippen LogP contribution >= 0.6 is 0 Å². The summed E-state index contributed by atoms with van der Waals surface area (Å²) in [4.78, 5) is 11.0. The van der Waals surface area contributed by atoms with Gasteiger partial charge in [-0.25, -0.2) is 0 Å². The predicted molar refractivity (Wildman–Crippen MR) is 65.9 cm³/mol. The molecule has 1 aliphatic heterocycles. The van der Waals surface area contributed by atoms with E-state index < -0.39 is 0 Å². The lowest BCUT2D eigenvalue weighted by Gasteiger charge is -2.18. The summed E-state index contributed by atoms with van der Waals surface area (Å²) in [5, 5.41) is 16.9. The normalized spacial score (nSPS) is 19.9. The maximum absolute atomic E-state index is 11.0. The standard InChI is InChI=1S/C11H19N5O2/c1-11(2,3)13-6-9-15-16-10(18-9)14-7-4-8(17)12-5-7/h7,13H,4-6H2,1-3H3,(H,12,17)(H,14,16). The summed E-state index contributed by atoms with van der Waals surface area (Å²) in [5.74, 6) is 0.575. The summed E-state index contributed by atoms with van der Waals surface area (Å²) >= 11 is 0. The van der Waals surface area contributed by atoms with Crippen molar-refractivity contribution in [3.63, 3.8) is 0 Å². The highest BCUT2D eigenvalue weighted by atomic mass is 16.4. The Bertz CT molecular complexity index is 423. The maximum Gasteiger partial charge on any atom is 0.315 e. The van der Waals surface area contributed by atoms with Crippen LogP contribution in [0.15, 0.2) is 4.42 Å². The van der Waals surface area contributed by atoms with E-state index in [2.05, 4.69) is 46.9 Å². The smallest absolute Gasteiger partial charge is 0.315 e. The van der Waals surface area contributed by atoms with Crippen molar-refractivity contribution in [3.8, 4) is 0 Å². The van der Waals surface area contributed by atoms with Crippen LogP contribution in [-0.2, 0) is 11.3 Å². The van der Waals surface area contributed by atoms with Crippen molar-refractivity contribution in [1.29, 1.82) is 0 Å². The molecule has 1 aliphatic rings. The van der Waals surface area contributed by atoms with Crippen molar-refractivity contribution in [2.45, 2.75) is 45.3 Å². The zero-order valence-electron chi connectivity index (χ0n) is 10.9. The van der Waals surface area contributed by atoms with Crippen LogP contribution in [0.25, 0.3) is 0 Å². The van der Waals surface area contributed by atoms with Gasteiger partial charge in [0.25, 0.3) is 0 Å². The van der Waals surface area contributed by atoms with E-state index in [1.54, 1.807) is 0 Å². The zero-order valence-corrected chi connectivity index (χ0v) is 10.9. The van der Waals surface area contributed by atoms with Gasteiger partial charge in [-0.1, -0.05) is 5.10 Å². The number of amides is 1. The summed E-state index contributed by atoms with van der Waals surface area (Å²) in [6, 6.07) is 0.392. The summed E-state index contributed by atoms with van der Waals surface area (Å²) in [5.41, 5.74) is 0.00382. The Morgan fingerprint density at radius 1 is 1.44 bits per heavy atom. The molecule has 0 aliphatic carbocycles. The van der Waals surface area contributed by atoms with Crippen LogP contribution in [0.4, 0.5) is 6.01 Å². The first kappa shape index (κ1) is 12.8. The molecule has 1 unspecified atom stereocenters. The minimum Gasteiger partial charge on any atom is -0.407 e. The second-order valence-electron chi connectivity index (χ2n) is 5.45. The Morgan fingerprint density at radius 2 is 2.22 bits per heavy atom. The Labute approximate surface area is 106 Å². The van der Waals surface area contributed by atoms with Gasteiger partial charge in [-0.2, -0.15) is 0 Å². The van der Waals surface area contributed by atoms with Crippen molar-refractivity contribution >= 4 is 11.9 Å². The Morgan fingerprint density at radius 3 is 2.83 bits per heavy atom. The lowest BCUT2D eigenvalue weighted by molar-refractivity contribution is -0.119. The number of aromatic nitrogens is 2. The van der Waals surface area contributed by atoms with E-state index in [4.69, 9.17) is 4.42 Å². The molecule has 3 N–H and O–H groups in total. The largest absolute Gasteiger partial charge is 0.407 e. The van der Waals surface area contributed by atoms with Crippen molar-refractivity contribution < 1.29 is 9.21 Å². The molecule has 7 nitrogen and oxygen atoms in total. The molecule has 1 fully saturated rings. The Balaban J connectivity index is 1.84. The van der Waals surface area contributed by atoms with E-state index in [0.717, 1.165) is 0 Å². The zero-order chi connectivity index (χ0) is 13.2. The van der Waals surface area contributed by atoms with Crippen LogP contribution in [0, 0.1) is 0 Å². The highest BCUT2D eigenvalue weighted by Crippen LogP contribution is 2.11. The van der Waals surface area contributed by atoms with Gasteiger partial charge in [-0.05, 0) is 20.8 Å². The topological polar surface area (TPSA) is 92.1 Å². The molecule has 100 valence electrons. The van der Waals surface area contributed by atoms with Crippen molar-refractivity contribution in [2.75, 3.05) is 11.9 Å². The van der Waals surface area contributed by atoms with Gasteiger partial charge < -0.3 is 20.4 Å². The number of carbonyl (C=O) groups is 1. The summed E-state index contributed by atoms with van der Waals surface area (Å²) in [7, 11) is 0. The molecule has 0 saturated carbocycles. The van der Waals surface area contributed by atoms with Crippen LogP contribution in [-0.4, -0.2) is 34.2 Å². The first-order chi connectivity index (χ1) is 8.42. The number of carbonyl (C=O) groups excluding carboxylic acids is 1. The minimum atomic E-state index is 0.00382. The van der Waals surface area contributed by atoms with Gasteiger partial charge in [-0.3, -0.25) is 4.79 Å². The number of anilines is 1. The second-order valence-corrected chi connectivity index (χ2v) is 5.45. The third-order valence-corrected chi connectivity index (χ3v) is 2.54. The fraction of sp³-hybridized carbons (Fsp3) is 0.727. The van der Waals surface area contributed by atoms with Gasteiger partial charge >= 0.3 is 6.01 Å². The monoisotopic (exact) mass is 253 g/mol. The fourth-order valence-corrected chi connectivity index (χ4v) is 1.61. The van der Waals surface area contributed by atoms with E-state index in [1.165, 1.54) is 0 Å². The van der Waals surface area contributed by atoms with Crippen LogP contribution in [0.2, 0.25) is 0 Å². The Kier molecular flexibility index (Phi) is 3.51. The van der Waals surface area contributed by atoms with E-state index in [9.17, 15) is 4.79 Å². The summed E-state index contributed by atoms with van der Waals surface area (Å²) < 4.78 is 5.44. The van der Waals surface area contributed by atoms with Crippen LogP contribution in [0.1, 0.15) is 33.1 Å². The van der Waals surface area contributed by atoms with E-state index in [1.807, 2.05) is 0 Å². The first-order valence-corrected chi connectivity index (χ1v) is 6.03. The van der Waals surface area contributed by atoms with Gasteiger partial charge in [0.15, 0.2) is 0 Å². The highest BCUT2D eigenvalue weighted by Gasteiger charge is 2.23. The molecule has 0 aromatic carbocycles. The SMILES string of the molecule is CC(C)(C)NCc1nnc(NC2CNC(=O)C2)o1. The molecule has 1 amide bonds. The summed E-state index contributed by atoms with van der Waals surface area (Å²) in [6.07, 6.45) is 0.442. The first-order valence-electron chi connectivity index (χ1n) is 6.03. The fourth-order valence-electron chi connectivity index (χ4n) is 1.61. The van der Waals surface area contributed by atoms with E-state index in [-0.39, 0.29) is 17.5 Å². The number of hydrogen-bond acceptors (Lipinski definition) is 6. The number of nitrogens with one attached hydrogen (secondary N) is 3. The number of rotatable bonds is 4. The minimum absolute atomic E-state index is 0.00382. The van der Waals surface area contributed by atoms with Gasteiger partial charge in [0.05, 0.1) is 12.6 Å². The third kappa shape index (κ3) is 3.69. The molecule has 0 bridgehead atoms. The molecular formula is C11H19N5O2. The molecule has 0 radical (unpaired) electrons. The highest BCUT2D eigenvalue weighted by molar-refractivity contribution is 5.79. The van der Waals surface area contributed by atoms with Crippen LogP contribution in [0.5, 0.6) is 0 Å². The quantitative estimate of drug-likeness (QED) is 0.713. The second kappa shape index (κ2) is 4.93. The number of hydrogen-bond donors (Lipinski definition) is 3. The molecule has 18 heavy (non-hydrogen) atoms. The molecular weight excluding hydrogens is 234 g/mol. The van der Waals surface area contributed by atoms with Crippen molar-refractivity contribution in [3.05, 3.63) is 5.89 Å². The average Bonchev–Trinajstić information content (AvgIpc) is 2.85. The predicted octanol–water partition coefficient (Wildman–Crippen LogP) is 0.258.